The molecule has 1 heterocycles. The van der Waals surface area contributed by atoms with Crippen molar-refractivity contribution in [1.29, 1.82) is 0 Å². The van der Waals surface area contributed by atoms with E-state index in [0.717, 1.165) is 19.1 Å². The number of halogens is 6. The van der Waals surface area contributed by atoms with Gasteiger partial charge in [-0.2, -0.15) is 13.2 Å². The van der Waals surface area contributed by atoms with Gasteiger partial charge in [-0.25, -0.2) is 9.37 Å². The van der Waals surface area contributed by atoms with E-state index in [1.807, 2.05) is 0 Å². The molecule has 28 heavy (non-hydrogen) atoms. The molecule has 11 heteroatoms. The van der Waals surface area contributed by atoms with Crippen LogP contribution in [0.3, 0.4) is 0 Å². The lowest BCUT2D eigenvalue weighted by molar-refractivity contribution is -0.189. The Bertz CT molecular complexity index is 909. The van der Waals surface area contributed by atoms with Gasteiger partial charge in [-0.15, -0.1) is 0 Å². The first kappa shape index (κ1) is 22.2. The van der Waals surface area contributed by atoms with Gasteiger partial charge in [0.2, 0.25) is 5.88 Å². The molecule has 1 N–H and O–H groups in total. The molecule has 1 aromatic heterocycles. The molecule has 2 rings (SSSR count). The fourth-order valence-electron chi connectivity index (χ4n) is 2.09. The average Bonchev–Trinajstić information content (AvgIpc) is 2.60. The number of methoxy groups -OCH3 is 1. The number of alkyl halides is 3. The molecule has 0 unspecified atom stereocenters. The van der Waals surface area contributed by atoms with Crippen molar-refractivity contribution < 1.29 is 31.8 Å². The summed E-state index contributed by atoms with van der Waals surface area (Å²) in [7, 11) is 1.32. The van der Waals surface area contributed by atoms with E-state index in [2.05, 4.69) is 26.2 Å². The van der Waals surface area contributed by atoms with E-state index in [-0.39, 0.29) is 21.1 Å². The summed E-state index contributed by atoms with van der Waals surface area (Å²) >= 11 is 8.99. The third kappa shape index (κ3) is 4.85. The average molecular weight is 486 g/mol. The molecule has 152 valence electrons. The summed E-state index contributed by atoms with van der Waals surface area (Å²) in [6.45, 7) is 2.37. The molecule has 0 aliphatic heterocycles. The number of hydrogen-bond acceptors (Lipinski definition) is 4. The Morgan fingerprint density at radius 2 is 2.00 bits per heavy atom. The number of rotatable bonds is 5. The Hall–Kier alpha value is -2.07. The second kappa shape index (κ2) is 8.52. The van der Waals surface area contributed by atoms with Crippen molar-refractivity contribution in [2.45, 2.75) is 26.1 Å². The molecule has 2 aromatic rings. The largest absolute Gasteiger partial charge is 0.480 e. The van der Waals surface area contributed by atoms with Crippen molar-refractivity contribution in [3.63, 3.8) is 0 Å². The summed E-state index contributed by atoms with van der Waals surface area (Å²) < 4.78 is 62.1. The minimum absolute atomic E-state index is 0.0143. The fourth-order valence-corrected chi connectivity index (χ4v) is 2.74. The number of amides is 1. The van der Waals surface area contributed by atoms with Gasteiger partial charge in [-0.1, -0.05) is 11.6 Å². The summed E-state index contributed by atoms with van der Waals surface area (Å²) in [6.07, 6.45) is -5.51. The molecule has 1 atom stereocenters. The minimum atomic E-state index is -4.67. The molecular formula is C17H14BrClF4N2O3. The van der Waals surface area contributed by atoms with Crippen molar-refractivity contribution >= 4 is 39.1 Å². The highest BCUT2D eigenvalue weighted by Gasteiger charge is 2.38. The first-order valence-corrected chi connectivity index (χ1v) is 8.85. The summed E-state index contributed by atoms with van der Waals surface area (Å²) in [6, 6.07) is 1.72. The molecule has 0 spiro atoms. The number of pyridine rings is 1. The number of benzene rings is 1. The van der Waals surface area contributed by atoms with E-state index >= 15 is 0 Å². The predicted molar refractivity (Wildman–Crippen MR) is 98.7 cm³/mol. The zero-order chi connectivity index (χ0) is 21.2. The van der Waals surface area contributed by atoms with Crippen LogP contribution < -0.4 is 14.8 Å². The highest BCUT2D eigenvalue weighted by molar-refractivity contribution is 9.10. The van der Waals surface area contributed by atoms with E-state index in [4.69, 9.17) is 21.1 Å². The van der Waals surface area contributed by atoms with E-state index < -0.39 is 35.3 Å². The molecule has 0 saturated heterocycles. The van der Waals surface area contributed by atoms with Crippen molar-refractivity contribution in [3.05, 3.63) is 44.8 Å². The predicted octanol–water partition coefficient (Wildman–Crippen LogP) is 5.54. The van der Waals surface area contributed by atoms with Crippen LogP contribution in [0.1, 0.15) is 22.8 Å². The van der Waals surface area contributed by atoms with Crippen LogP contribution >= 0.6 is 27.5 Å². The Kier molecular flexibility index (Phi) is 6.76. The Balaban J connectivity index is 2.44. The SMILES string of the molecule is COc1ncc(C)c(NC(=O)c2cc(F)c(Br)cc2O[C@@H](C)C(F)(F)F)c1Cl. The number of hydrogen-bond donors (Lipinski definition) is 1. The molecule has 0 bridgehead atoms. The highest BCUT2D eigenvalue weighted by atomic mass is 79.9. The summed E-state index contributed by atoms with van der Waals surface area (Å²) in [5.41, 5.74) is 0.141. The van der Waals surface area contributed by atoms with Crippen LogP contribution in [0, 0.1) is 12.7 Å². The summed E-state index contributed by atoms with van der Waals surface area (Å²) in [5, 5.41) is 2.42. The smallest absolute Gasteiger partial charge is 0.425 e. The van der Waals surface area contributed by atoms with Crippen LogP contribution in [0.15, 0.2) is 22.8 Å². The van der Waals surface area contributed by atoms with E-state index in [0.29, 0.717) is 5.56 Å². The Labute approximate surface area is 171 Å². The van der Waals surface area contributed by atoms with E-state index in [9.17, 15) is 22.4 Å². The van der Waals surface area contributed by atoms with Crippen molar-refractivity contribution in [1.82, 2.24) is 4.98 Å². The van der Waals surface area contributed by atoms with Crippen molar-refractivity contribution in [3.8, 4) is 11.6 Å². The van der Waals surface area contributed by atoms with Gasteiger partial charge >= 0.3 is 6.18 Å². The first-order valence-electron chi connectivity index (χ1n) is 7.68. The van der Waals surface area contributed by atoms with Crippen molar-refractivity contribution in [2.24, 2.45) is 0 Å². The lowest BCUT2D eigenvalue weighted by Gasteiger charge is -2.20. The number of aryl methyl sites for hydroxylation is 1. The second-order valence-corrected chi connectivity index (χ2v) is 6.89. The molecular weight excluding hydrogens is 472 g/mol. The molecule has 0 aliphatic carbocycles. The number of ether oxygens (including phenoxy) is 2. The number of carbonyl (C=O) groups excluding carboxylic acids is 1. The number of anilines is 1. The van der Waals surface area contributed by atoms with E-state index in [1.165, 1.54) is 13.3 Å². The summed E-state index contributed by atoms with van der Waals surface area (Å²) in [4.78, 5) is 16.6. The number of nitrogens with zero attached hydrogens (tertiary/aromatic N) is 1. The maximum Gasteiger partial charge on any atom is 0.425 e. The van der Waals surface area contributed by atoms with Crippen LogP contribution in [0.5, 0.6) is 11.6 Å². The maximum absolute atomic E-state index is 13.9. The van der Waals surface area contributed by atoms with Gasteiger partial charge in [0.15, 0.2) is 6.10 Å². The highest BCUT2D eigenvalue weighted by Crippen LogP contribution is 2.35. The number of nitrogens with one attached hydrogen (secondary N) is 1. The van der Waals surface area contributed by atoms with Gasteiger partial charge in [0.05, 0.1) is 22.8 Å². The molecule has 0 aliphatic rings. The van der Waals surface area contributed by atoms with Gasteiger partial charge in [0.25, 0.3) is 5.91 Å². The topological polar surface area (TPSA) is 60.5 Å². The first-order chi connectivity index (χ1) is 13.0. The Morgan fingerprint density at radius 3 is 2.57 bits per heavy atom. The van der Waals surface area contributed by atoms with Crippen LogP contribution in [-0.4, -0.2) is 30.3 Å². The van der Waals surface area contributed by atoms with Crippen molar-refractivity contribution in [2.75, 3.05) is 12.4 Å². The molecule has 5 nitrogen and oxygen atoms in total. The quantitative estimate of drug-likeness (QED) is 0.565. The standard InChI is InChI=1S/C17H14BrClF4N2O3/c1-7-6-24-16(27-3)13(19)14(7)25-15(26)9-4-11(20)10(18)5-12(9)28-8(2)17(21,22)23/h4-6,8H,1-3H3,(H,24,25,26)/t8-/m0/s1. The fraction of sp³-hybridized carbons (Fsp3) is 0.294. The number of aromatic nitrogens is 1. The zero-order valence-electron chi connectivity index (χ0n) is 14.7. The Morgan fingerprint density at radius 1 is 1.36 bits per heavy atom. The lowest BCUT2D eigenvalue weighted by atomic mass is 10.1. The van der Waals surface area contributed by atoms with Crippen LogP contribution in [0.4, 0.5) is 23.2 Å². The van der Waals surface area contributed by atoms with Gasteiger partial charge in [-0.05, 0) is 47.5 Å². The van der Waals surface area contributed by atoms with E-state index in [1.54, 1.807) is 6.92 Å². The number of carbonyl (C=O) groups is 1. The lowest BCUT2D eigenvalue weighted by Crippen LogP contribution is -2.32. The third-order valence-corrected chi connectivity index (χ3v) is 4.60. The van der Waals surface area contributed by atoms with Crippen LogP contribution in [0.25, 0.3) is 0 Å². The molecule has 0 fully saturated rings. The minimum Gasteiger partial charge on any atom is -0.480 e. The van der Waals surface area contributed by atoms with Gasteiger partial charge in [0, 0.05) is 6.20 Å². The van der Waals surface area contributed by atoms with Crippen LogP contribution in [0.2, 0.25) is 5.02 Å². The molecule has 1 aromatic carbocycles. The molecule has 1 amide bonds. The summed E-state index contributed by atoms with van der Waals surface area (Å²) in [5.74, 6) is -2.20. The molecule has 0 radical (unpaired) electrons. The maximum atomic E-state index is 13.9. The third-order valence-electron chi connectivity index (χ3n) is 3.64. The monoisotopic (exact) mass is 484 g/mol. The van der Waals surface area contributed by atoms with Gasteiger partial charge in [0.1, 0.15) is 16.6 Å². The zero-order valence-corrected chi connectivity index (χ0v) is 17.1. The van der Waals surface area contributed by atoms with Gasteiger partial charge < -0.3 is 14.8 Å². The van der Waals surface area contributed by atoms with Gasteiger partial charge in [-0.3, -0.25) is 4.79 Å². The second-order valence-electron chi connectivity index (χ2n) is 5.66. The normalized spacial score (nSPS) is 12.5. The van der Waals surface area contributed by atoms with Crippen LogP contribution in [-0.2, 0) is 0 Å². The molecule has 0 saturated carbocycles.